The van der Waals surface area contributed by atoms with Crippen LogP contribution in [0.15, 0.2) is 0 Å². The molecule has 0 unspecified atom stereocenters. The Morgan fingerprint density at radius 1 is 0.607 bits per heavy atom. The Bertz CT molecular complexity index is 381. The Hall–Kier alpha value is -0.560. The van der Waals surface area contributed by atoms with Crippen molar-refractivity contribution in [2.75, 3.05) is 27.3 Å². The summed E-state index contributed by atoms with van der Waals surface area (Å²) in [5.41, 5.74) is -0.956. The van der Waals surface area contributed by atoms with Crippen LogP contribution in [0, 0.1) is 0 Å². The molecule has 0 heterocycles. The molecule has 0 aromatic heterocycles. The zero-order chi connectivity index (χ0) is 20.1. The fourth-order valence-corrected chi connectivity index (χ4v) is 2.97. The molecule has 0 spiro atoms. The van der Waals surface area contributed by atoms with Gasteiger partial charge in [-0.3, -0.25) is 0 Å². The molecular formula is C20H42Cl2N2O4. The molecule has 0 aromatic carbocycles. The first-order valence-corrected chi connectivity index (χ1v) is 10.0. The fourth-order valence-electron chi connectivity index (χ4n) is 2.97. The van der Waals surface area contributed by atoms with Gasteiger partial charge in [0.15, 0.2) is 11.1 Å². The predicted octanol–water partition coefficient (Wildman–Crippen LogP) is -4.85. The van der Waals surface area contributed by atoms with Crippen LogP contribution in [0.5, 0.6) is 0 Å². The molecule has 0 rings (SSSR count). The number of esters is 2. The Kier molecular flexibility index (Phi) is 19.9. The molecule has 170 valence electrons. The van der Waals surface area contributed by atoms with Gasteiger partial charge in [0.1, 0.15) is 0 Å². The van der Waals surface area contributed by atoms with Gasteiger partial charge in [-0.25, -0.2) is 9.59 Å². The van der Waals surface area contributed by atoms with Crippen LogP contribution in [0.4, 0.5) is 0 Å². The average molecular weight is 445 g/mol. The lowest BCUT2D eigenvalue weighted by molar-refractivity contribution is -0.708. The number of methoxy groups -OCH3 is 2. The number of quaternary nitrogens is 2. The van der Waals surface area contributed by atoms with Gasteiger partial charge in [0, 0.05) is 27.7 Å². The normalized spacial score (nSPS) is 11.2. The second kappa shape index (κ2) is 17.3. The van der Waals surface area contributed by atoms with Crippen molar-refractivity contribution in [2.24, 2.45) is 0 Å². The Labute approximate surface area is 184 Å². The minimum absolute atomic E-state index is 0. The van der Waals surface area contributed by atoms with Gasteiger partial charge in [-0.15, -0.1) is 0 Å². The van der Waals surface area contributed by atoms with Crippen molar-refractivity contribution in [1.82, 2.24) is 0 Å². The van der Waals surface area contributed by atoms with E-state index >= 15 is 0 Å². The number of halogens is 2. The molecule has 8 heteroatoms. The van der Waals surface area contributed by atoms with E-state index in [0.29, 0.717) is 0 Å². The van der Waals surface area contributed by atoms with Gasteiger partial charge in [-0.05, 0) is 25.7 Å². The number of unbranched alkanes of at least 4 members (excludes halogenated alkanes) is 7. The Morgan fingerprint density at radius 3 is 1.11 bits per heavy atom. The van der Waals surface area contributed by atoms with Gasteiger partial charge in [0.05, 0.1) is 27.3 Å². The smallest absolute Gasteiger partial charge is 0.367 e. The summed E-state index contributed by atoms with van der Waals surface area (Å²) in [6.07, 6.45) is 9.77. The lowest BCUT2D eigenvalue weighted by Crippen LogP contribution is -3.00. The molecule has 0 radical (unpaired) electrons. The molecular weight excluding hydrogens is 403 g/mol. The quantitative estimate of drug-likeness (QED) is 0.196. The Balaban J connectivity index is -0.00000312. The van der Waals surface area contributed by atoms with E-state index in [1.165, 1.54) is 52.7 Å². The van der Waals surface area contributed by atoms with E-state index in [1.54, 1.807) is 0 Å². The minimum atomic E-state index is -0.478. The molecule has 4 N–H and O–H groups in total. The van der Waals surface area contributed by atoms with E-state index < -0.39 is 11.1 Å². The zero-order valence-electron chi connectivity index (χ0n) is 18.6. The third-order valence-corrected chi connectivity index (χ3v) is 4.89. The first-order valence-electron chi connectivity index (χ1n) is 10.0. The van der Waals surface area contributed by atoms with E-state index in [2.05, 4.69) is 10.6 Å². The maximum absolute atomic E-state index is 11.6. The summed E-state index contributed by atoms with van der Waals surface area (Å²) in [5.74, 6) is -0.325. The highest BCUT2D eigenvalue weighted by atomic mass is 35.5. The van der Waals surface area contributed by atoms with Crippen molar-refractivity contribution in [2.45, 2.75) is 90.1 Å². The standard InChI is InChI=1S/C20H40N2O4.2ClH/c1-19(2,17(23)25-5)21-15-13-11-9-7-8-10-12-14-16-22-20(3,4)18(24)26-6;;/h21-22H,7-16H2,1-6H3;2*1H. The monoisotopic (exact) mass is 444 g/mol. The van der Waals surface area contributed by atoms with Crippen molar-refractivity contribution >= 4 is 11.9 Å². The highest BCUT2D eigenvalue weighted by Crippen LogP contribution is 2.08. The molecule has 0 bridgehead atoms. The van der Waals surface area contributed by atoms with Gasteiger partial charge in [-0.2, -0.15) is 0 Å². The van der Waals surface area contributed by atoms with Gasteiger partial charge < -0.3 is 44.9 Å². The molecule has 0 saturated heterocycles. The predicted molar refractivity (Wildman–Crippen MR) is 103 cm³/mol. The summed E-state index contributed by atoms with van der Waals surface area (Å²) in [4.78, 5) is 23.1. The molecule has 6 nitrogen and oxygen atoms in total. The van der Waals surface area contributed by atoms with Crippen LogP contribution in [0.1, 0.15) is 79.1 Å². The first kappa shape index (κ1) is 32.1. The van der Waals surface area contributed by atoms with Gasteiger partial charge >= 0.3 is 11.9 Å². The third-order valence-electron chi connectivity index (χ3n) is 4.89. The molecule has 28 heavy (non-hydrogen) atoms. The first-order chi connectivity index (χ1) is 12.2. The number of carbonyl (C=O) groups excluding carboxylic acids is 2. The molecule has 0 aliphatic rings. The van der Waals surface area contributed by atoms with E-state index in [1.807, 2.05) is 27.7 Å². The molecule has 0 saturated carbocycles. The van der Waals surface area contributed by atoms with Gasteiger partial charge in [-0.1, -0.05) is 25.7 Å². The van der Waals surface area contributed by atoms with Crippen LogP contribution in [-0.2, 0) is 19.1 Å². The van der Waals surface area contributed by atoms with Crippen molar-refractivity contribution < 1.29 is 54.5 Å². The summed E-state index contributed by atoms with van der Waals surface area (Å²) in [6.45, 7) is 9.55. The second-order valence-corrected chi connectivity index (χ2v) is 8.24. The van der Waals surface area contributed by atoms with E-state index in [-0.39, 0.29) is 36.8 Å². The molecule has 0 amide bonds. The van der Waals surface area contributed by atoms with E-state index in [9.17, 15) is 9.59 Å². The van der Waals surface area contributed by atoms with Gasteiger partial charge in [0.2, 0.25) is 0 Å². The topological polar surface area (TPSA) is 85.8 Å². The largest absolute Gasteiger partial charge is 1.00 e. The molecule has 0 atom stereocenters. The maximum atomic E-state index is 11.6. The van der Waals surface area contributed by atoms with Crippen molar-refractivity contribution in [3.63, 3.8) is 0 Å². The Morgan fingerprint density at radius 2 is 0.857 bits per heavy atom. The number of ether oxygens (including phenoxy) is 2. The third kappa shape index (κ3) is 14.4. The lowest BCUT2D eigenvalue weighted by Gasteiger charge is -2.19. The number of carbonyl (C=O) groups is 2. The van der Waals surface area contributed by atoms with Crippen LogP contribution in [0.25, 0.3) is 0 Å². The van der Waals surface area contributed by atoms with Crippen molar-refractivity contribution in [3.05, 3.63) is 0 Å². The van der Waals surface area contributed by atoms with E-state index in [4.69, 9.17) is 9.47 Å². The van der Waals surface area contributed by atoms with Crippen LogP contribution in [0.2, 0.25) is 0 Å². The minimum Gasteiger partial charge on any atom is -1.00 e. The second-order valence-electron chi connectivity index (χ2n) is 8.24. The van der Waals surface area contributed by atoms with Crippen molar-refractivity contribution in [1.29, 1.82) is 0 Å². The molecule has 0 aliphatic carbocycles. The van der Waals surface area contributed by atoms with Crippen LogP contribution in [-0.4, -0.2) is 50.3 Å². The maximum Gasteiger partial charge on any atom is 0.367 e. The summed E-state index contributed by atoms with van der Waals surface area (Å²) in [5, 5.41) is 4.15. The highest BCUT2D eigenvalue weighted by Gasteiger charge is 2.32. The SMILES string of the molecule is COC(=O)C(C)(C)[NH2+]CCCCCCCCCC[NH2+]C(C)(C)C(=O)OC.[Cl-].[Cl-]. The lowest BCUT2D eigenvalue weighted by atomic mass is 10.0. The zero-order valence-corrected chi connectivity index (χ0v) is 20.1. The van der Waals surface area contributed by atoms with E-state index in [0.717, 1.165) is 25.9 Å². The summed E-state index contributed by atoms with van der Waals surface area (Å²) >= 11 is 0. The number of hydrogen-bond donors (Lipinski definition) is 2. The summed E-state index contributed by atoms with van der Waals surface area (Å²) in [7, 11) is 2.88. The average Bonchev–Trinajstić information content (AvgIpc) is 2.60. The summed E-state index contributed by atoms with van der Waals surface area (Å²) in [6, 6.07) is 0. The highest BCUT2D eigenvalue weighted by molar-refractivity contribution is 5.78. The molecule has 0 fully saturated rings. The van der Waals surface area contributed by atoms with Gasteiger partial charge in [0.25, 0.3) is 0 Å². The number of rotatable bonds is 15. The van der Waals surface area contributed by atoms with Crippen LogP contribution >= 0.6 is 0 Å². The number of nitrogens with two attached hydrogens (primary N) is 2. The van der Waals surface area contributed by atoms with Crippen LogP contribution in [0.3, 0.4) is 0 Å². The van der Waals surface area contributed by atoms with Crippen molar-refractivity contribution in [3.8, 4) is 0 Å². The molecule has 0 aromatic rings. The fraction of sp³-hybridized carbons (Fsp3) is 0.900. The van der Waals surface area contributed by atoms with Crippen LogP contribution < -0.4 is 35.4 Å². The summed E-state index contributed by atoms with van der Waals surface area (Å²) < 4.78 is 9.61. The molecule has 0 aliphatic heterocycles. The number of hydrogen-bond acceptors (Lipinski definition) is 4.